The Hall–Kier alpha value is -2.34. The number of hydrogen-bond acceptors (Lipinski definition) is 0. The molecule has 806 valence electrons. The summed E-state index contributed by atoms with van der Waals surface area (Å²) in [5.74, 6) is 7.31. The van der Waals surface area contributed by atoms with Crippen LogP contribution in [0.25, 0.3) is 0 Å². The Bertz CT molecular complexity index is 2540. The Labute approximate surface area is 868 Å². The Kier molecular flexibility index (Phi) is 109. The Morgan fingerprint density at radius 1 is 0.234 bits per heavy atom. The van der Waals surface area contributed by atoms with Gasteiger partial charge in [0.2, 0.25) is 0 Å². The van der Waals surface area contributed by atoms with E-state index in [9.17, 15) is 0 Å². The summed E-state index contributed by atoms with van der Waals surface area (Å²) >= 11 is 0. The van der Waals surface area contributed by atoms with E-state index < -0.39 is 0 Å². The molecule has 0 amide bonds. The maximum Gasteiger partial charge on any atom is -0.0265 e. The predicted molar refractivity (Wildman–Crippen MR) is 633 cm³/mol. The van der Waals surface area contributed by atoms with Gasteiger partial charge < -0.3 is 0 Å². The zero-order chi connectivity index (χ0) is 99.6. The van der Waals surface area contributed by atoms with Crippen LogP contribution in [0.4, 0.5) is 0 Å². The summed E-state index contributed by atoms with van der Waals surface area (Å²) in [5, 5.41) is 0. The molecule has 9 unspecified atom stereocenters. The van der Waals surface area contributed by atoms with Gasteiger partial charge in [0.15, 0.2) is 0 Å². The molecular weight excluding hydrogens is 1650 g/mol. The van der Waals surface area contributed by atoms with Crippen molar-refractivity contribution >= 4 is 0 Å². The SMILES string of the molecule is C=CCCCCCCCCCCCCCCC(CCCCCCCCCCCCCC=CC)=C(C)CCCC(C)CCCC(C)CCC(=CCC(CCCCCCCCCCCCCC=C)C(CCCCCCCCCCCCCC=C)C(CCCCCCCCCCCCCC=C)C(CCCCCCCC)CCCCCCCCCCCCC(=C)C)CC(C)CCCC(C)CCCC(C)C=C. The number of allylic oxidation sites excluding steroid dienone is 12. The van der Waals surface area contributed by atoms with Gasteiger partial charge in [0.1, 0.15) is 0 Å². The van der Waals surface area contributed by atoms with Gasteiger partial charge in [-0.25, -0.2) is 0 Å². The van der Waals surface area contributed by atoms with Crippen molar-refractivity contribution in [3.63, 3.8) is 0 Å². The molecule has 0 nitrogen and oxygen atoms in total. The molecule has 0 rings (SSSR count). The molecule has 0 aromatic heterocycles. The van der Waals surface area contributed by atoms with Gasteiger partial charge in [-0.3, -0.25) is 0 Å². The third kappa shape index (κ3) is 98.1. The molecule has 0 heteroatoms. The first-order valence-electron chi connectivity index (χ1n) is 64.0. The Morgan fingerprint density at radius 2 is 0.496 bits per heavy atom. The first-order chi connectivity index (χ1) is 67.3. The topological polar surface area (TPSA) is 0 Å². The standard InChI is InChI=1S/C137H258/c1-16-23-29-35-41-46-51-56-61-63-71-78-86-93-113-133(114-94-87-79-72-64-62-57-52-47-42-36-30-24-17-2)131(15)112-103-110-128(12)107-101-109-129(13)120-121-132(124-130(14)111-102-108-127(11)106-100-105-126(10)22-7)122-123-135(117-97-89-81-73-65-58-53-48-43-37-31-25-18-3)137(119-99-91-83-76-67-60-55-50-45-39-33-27-20-5)136(118-98-90-82-75-66-59-54-49-44-38-32-26-19-4)134(115-95-85-40-34-28-21-6)116-96-88-80-74-69-68-70-77-84-92-104-125(8)9/h16-20,22,24,122,126-130,134-137H,1,3-5,7-8,21,23,25-121,123-124H2,2,6,9-15H3. The molecule has 0 spiro atoms. The summed E-state index contributed by atoms with van der Waals surface area (Å²) in [4.78, 5) is 0. The number of rotatable bonds is 118. The van der Waals surface area contributed by atoms with Gasteiger partial charge >= 0.3 is 0 Å². The smallest absolute Gasteiger partial charge is 0.0265 e. The van der Waals surface area contributed by atoms with Crippen LogP contribution in [0.3, 0.4) is 0 Å². The van der Waals surface area contributed by atoms with E-state index in [-0.39, 0.29) is 0 Å². The van der Waals surface area contributed by atoms with Crippen LogP contribution in [0.15, 0.2) is 110 Å². The molecule has 0 radical (unpaired) electrons. The van der Waals surface area contributed by atoms with E-state index in [2.05, 4.69) is 150 Å². The van der Waals surface area contributed by atoms with Gasteiger partial charge in [-0.05, 0) is 241 Å². The van der Waals surface area contributed by atoms with Crippen LogP contribution in [0.5, 0.6) is 0 Å². The lowest BCUT2D eigenvalue weighted by molar-refractivity contribution is 0.110. The van der Waals surface area contributed by atoms with Crippen LogP contribution in [0.2, 0.25) is 0 Å². The maximum atomic E-state index is 4.20. The second kappa shape index (κ2) is 111. The summed E-state index contributed by atoms with van der Waals surface area (Å²) < 4.78 is 0. The lowest BCUT2D eigenvalue weighted by Gasteiger charge is -2.40. The molecule has 0 fully saturated rings. The minimum absolute atomic E-state index is 0.644. The average molecular weight is 1910 g/mol. The van der Waals surface area contributed by atoms with Crippen molar-refractivity contribution in [3.05, 3.63) is 110 Å². The fraction of sp³-hybridized carbons (Fsp3) is 0.869. The highest BCUT2D eigenvalue weighted by molar-refractivity contribution is 5.12. The molecule has 0 heterocycles. The quantitative estimate of drug-likeness (QED) is 0.0421. The monoisotopic (exact) mass is 1900 g/mol. The summed E-state index contributed by atoms with van der Waals surface area (Å²) in [6.45, 7) is 46.6. The van der Waals surface area contributed by atoms with Crippen molar-refractivity contribution in [2.24, 2.45) is 53.3 Å². The molecule has 0 bridgehead atoms. The third-order valence-corrected chi connectivity index (χ3v) is 33.4. The van der Waals surface area contributed by atoms with E-state index in [1.54, 1.807) is 5.57 Å². The molecule has 9 atom stereocenters. The zero-order valence-corrected chi connectivity index (χ0v) is 96.5. The summed E-state index contributed by atoms with van der Waals surface area (Å²) in [5.41, 5.74) is 6.93. The number of hydrogen-bond donors (Lipinski definition) is 0. The molecular formula is C137H258. The molecule has 0 N–H and O–H groups in total. The summed E-state index contributed by atoms with van der Waals surface area (Å²) in [7, 11) is 0. The number of unbranched alkanes of at least 4 members (excludes halogenated alkanes) is 70. The molecule has 0 aliphatic heterocycles. The highest BCUT2D eigenvalue weighted by atomic mass is 14.4. The van der Waals surface area contributed by atoms with E-state index in [1.165, 1.54) is 654 Å². The second-order valence-corrected chi connectivity index (χ2v) is 47.3. The van der Waals surface area contributed by atoms with Crippen LogP contribution < -0.4 is 0 Å². The van der Waals surface area contributed by atoms with Crippen LogP contribution in [0, 0.1) is 53.3 Å². The van der Waals surface area contributed by atoms with E-state index in [0.29, 0.717) is 5.92 Å². The van der Waals surface area contributed by atoms with Crippen molar-refractivity contribution in [1.29, 1.82) is 0 Å². The van der Waals surface area contributed by atoms with Gasteiger partial charge in [-0.2, -0.15) is 0 Å². The lowest BCUT2D eigenvalue weighted by atomic mass is 9.66. The van der Waals surface area contributed by atoms with Gasteiger partial charge in [0, 0.05) is 0 Å². The van der Waals surface area contributed by atoms with Gasteiger partial charge in [0.25, 0.3) is 0 Å². The van der Waals surface area contributed by atoms with E-state index in [1.807, 2.05) is 11.1 Å². The average Bonchev–Trinajstić information content (AvgIpc) is 0.836. The first kappa shape index (κ1) is 135. The van der Waals surface area contributed by atoms with Gasteiger partial charge in [0.05, 0.1) is 0 Å². The van der Waals surface area contributed by atoms with Gasteiger partial charge in [-0.15, -0.1) is 39.5 Å². The fourth-order valence-corrected chi connectivity index (χ4v) is 23.7. The molecule has 137 heavy (non-hydrogen) atoms. The van der Waals surface area contributed by atoms with Crippen molar-refractivity contribution in [2.75, 3.05) is 0 Å². The Balaban J connectivity index is 7.62. The maximum absolute atomic E-state index is 4.20. The molecule has 0 saturated carbocycles. The van der Waals surface area contributed by atoms with Crippen LogP contribution in [-0.2, 0) is 0 Å². The highest BCUT2D eigenvalue weighted by Gasteiger charge is 2.34. The van der Waals surface area contributed by atoms with E-state index in [4.69, 9.17) is 0 Å². The van der Waals surface area contributed by atoms with Crippen LogP contribution in [0.1, 0.15) is 711 Å². The van der Waals surface area contributed by atoms with Crippen LogP contribution in [-0.4, -0.2) is 0 Å². The largest absolute Gasteiger partial charge is 0.103 e. The fourth-order valence-electron chi connectivity index (χ4n) is 23.7. The zero-order valence-electron chi connectivity index (χ0n) is 96.5. The highest BCUT2D eigenvalue weighted by Crippen LogP contribution is 2.45. The van der Waals surface area contributed by atoms with E-state index in [0.717, 1.165) is 47.3 Å². The lowest BCUT2D eigenvalue weighted by Crippen LogP contribution is -2.30. The minimum Gasteiger partial charge on any atom is -0.103 e. The van der Waals surface area contributed by atoms with Gasteiger partial charge in [-0.1, -0.05) is 594 Å². The second-order valence-electron chi connectivity index (χ2n) is 47.3. The summed E-state index contributed by atoms with van der Waals surface area (Å²) in [6.07, 6.45) is 161. The minimum atomic E-state index is 0.644. The molecule has 0 aliphatic rings. The molecule has 0 saturated heterocycles. The molecule has 0 aromatic carbocycles. The normalized spacial score (nSPS) is 14.2. The van der Waals surface area contributed by atoms with E-state index >= 15 is 0 Å². The van der Waals surface area contributed by atoms with Crippen LogP contribution >= 0.6 is 0 Å². The third-order valence-electron chi connectivity index (χ3n) is 33.4. The van der Waals surface area contributed by atoms with Crippen molar-refractivity contribution in [1.82, 2.24) is 0 Å². The van der Waals surface area contributed by atoms with Crippen molar-refractivity contribution in [3.8, 4) is 0 Å². The van der Waals surface area contributed by atoms with Crippen molar-refractivity contribution < 1.29 is 0 Å². The van der Waals surface area contributed by atoms with Crippen molar-refractivity contribution in [2.45, 2.75) is 711 Å². The Morgan fingerprint density at radius 3 is 0.818 bits per heavy atom. The molecule has 0 aliphatic carbocycles. The predicted octanol–water partition coefficient (Wildman–Crippen LogP) is 50.4. The summed E-state index contributed by atoms with van der Waals surface area (Å²) in [6, 6.07) is 0. The first-order valence-corrected chi connectivity index (χ1v) is 64.0. The molecule has 0 aromatic rings.